The first-order valence-corrected chi connectivity index (χ1v) is 4.87. The van der Waals surface area contributed by atoms with E-state index >= 15 is 0 Å². The van der Waals surface area contributed by atoms with E-state index in [-0.39, 0.29) is 24.6 Å². The summed E-state index contributed by atoms with van der Waals surface area (Å²) in [7, 11) is 0. The third-order valence-electron chi connectivity index (χ3n) is 1.66. The van der Waals surface area contributed by atoms with E-state index in [1.165, 1.54) is 0 Å². The molecule has 0 saturated heterocycles. The lowest BCUT2D eigenvalue weighted by Gasteiger charge is -2.14. The van der Waals surface area contributed by atoms with Crippen LogP contribution in [0.1, 0.15) is 34.1 Å². The van der Waals surface area contributed by atoms with Crippen LogP contribution in [0.2, 0.25) is 0 Å². The first kappa shape index (κ1) is 12.6. The van der Waals surface area contributed by atoms with Crippen LogP contribution < -0.4 is 0 Å². The summed E-state index contributed by atoms with van der Waals surface area (Å²) < 4.78 is 10.5. The number of ketones is 1. The molecule has 1 unspecified atom stereocenters. The van der Waals surface area contributed by atoms with E-state index in [2.05, 4.69) is 0 Å². The van der Waals surface area contributed by atoms with Gasteiger partial charge in [0, 0.05) is 6.61 Å². The monoisotopic (exact) mass is 188 g/mol. The van der Waals surface area contributed by atoms with Crippen LogP contribution in [0.3, 0.4) is 0 Å². The second-order valence-corrected chi connectivity index (χ2v) is 3.18. The van der Waals surface area contributed by atoms with Crippen molar-refractivity contribution in [3.63, 3.8) is 0 Å². The lowest BCUT2D eigenvalue weighted by atomic mass is 10.2. The van der Waals surface area contributed by atoms with Crippen LogP contribution in [0.5, 0.6) is 0 Å². The standard InChI is InChI=1S/C10H20O3/c1-5-10(12-6-2)9(11)7-13-8(3)4/h8,10H,5-7H2,1-4H3. The van der Waals surface area contributed by atoms with Crippen molar-refractivity contribution in [1.29, 1.82) is 0 Å². The maximum Gasteiger partial charge on any atom is 0.187 e. The van der Waals surface area contributed by atoms with E-state index in [0.717, 1.165) is 0 Å². The van der Waals surface area contributed by atoms with Crippen molar-refractivity contribution in [1.82, 2.24) is 0 Å². The molecule has 0 spiro atoms. The number of Topliss-reactive ketones (excluding diaryl/α,β-unsaturated/α-hetero) is 1. The lowest BCUT2D eigenvalue weighted by Crippen LogP contribution is -2.28. The van der Waals surface area contributed by atoms with Gasteiger partial charge < -0.3 is 9.47 Å². The zero-order valence-electron chi connectivity index (χ0n) is 9.00. The van der Waals surface area contributed by atoms with Gasteiger partial charge in [0.2, 0.25) is 0 Å². The third kappa shape index (κ3) is 5.77. The molecule has 3 heteroatoms. The maximum absolute atomic E-state index is 11.4. The minimum Gasteiger partial charge on any atom is -0.371 e. The Hall–Kier alpha value is -0.410. The van der Waals surface area contributed by atoms with Gasteiger partial charge in [-0.3, -0.25) is 4.79 Å². The van der Waals surface area contributed by atoms with Crippen molar-refractivity contribution >= 4 is 5.78 Å². The highest BCUT2D eigenvalue weighted by atomic mass is 16.5. The van der Waals surface area contributed by atoms with Crippen LogP contribution in [0, 0.1) is 0 Å². The molecule has 0 rings (SSSR count). The van der Waals surface area contributed by atoms with Crippen molar-refractivity contribution in [3.05, 3.63) is 0 Å². The molecule has 0 saturated carbocycles. The Labute approximate surface area is 80.4 Å². The molecule has 3 nitrogen and oxygen atoms in total. The first-order valence-electron chi connectivity index (χ1n) is 4.87. The second kappa shape index (κ2) is 7.04. The zero-order chi connectivity index (χ0) is 10.3. The molecule has 0 radical (unpaired) electrons. The number of hydrogen-bond acceptors (Lipinski definition) is 3. The smallest absolute Gasteiger partial charge is 0.187 e. The van der Waals surface area contributed by atoms with Crippen LogP contribution in [0.4, 0.5) is 0 Å². The molecule has 0 aromatic heterocycles. The fourth-order valence-electron chi connectivity index (χ4n) is 0.981. The SMILES string of the molecule is CCOC(CC)C(=O)COC(C)C. The van der Waals surface area contributed by atoms with E-state index in [0.29, 0.717) is 13.0 Å². The number of carbonyl (C=O) groups is 1. The van der Waals surface area contributed by atoms with Crippen molar-refractivity contribution in [2.75, 3.05) is 13.2 Å². The van der Waals surface area contributed by atoms with E-state index in [1.54, 1.807) is 0 Å². The Morgan fingerprint density at radius 1 is 1.23 bits per heavy atom. The van der Waals surface area contributed by atoms with Gasteiger partial charge in [-0.2, -0.15) is 0 Å². The van der Waals surface area contributed by atoms with E-state index in [4.69, 9.17) is 9.47 Å². The normalized spacial score (nSPS) is 13.3. The Bertz CT molecular complexity index is 143. The summed E-state index contributed by atoms with van der Waals surface area (Å²) in [6.07, 6.45) is 0.528. The average molecular weight is 188 g/mol. The van der Waals surface area contributed by atoms with Gasteiger partial charge in [-0.25, -0.2) is 0 Å². The van der Waals surface area contributed by atoms with Crippen molar-refractivity contribution < 1.29 is 14.3 Å². The van der Waals surface area contributed by atoms with Gasteiger partial charge in [-0.05, 0) is 27.2 Å². The van der Waals surface area contributed by atoms with Gasteiger partial charge in [-0.15, -0.1) is 0 Å². The minimum absolute atomic E-state index is 0.0399. The van der Waals surface area contributed by atoms with Gasteiger partial charge in [-0.1, -0.05) is 6.92 Å². The minimum atomic E-state index is -0.288. The lowest BCUT2D eigenvalue weighted by molar-refractivity contribution is -0.136. The van der Waals surface area contributed by atoms with Gasteiger partial charge >= 0.3 is 0 Å². The van der Waals surface area contributed by atoms with E-state index in [1.807, 2.05) is 27.7 Å². The second-order valence-electron chi connectivity index (χ2n) is 3.18. The summed E-state index contributed by atoms with van der Waals surface area (Å²) in [6, 6.07) is 0. The predicted molar refractivity (Wildman–Crippen MR) is 51.8 cm³/mol. The first-order chi connectivity index (χ1) is 6.11. The summed E-state index contributed by atoms with van der Waals surface area (Å²) in [5.74, 6) is 0.0399. The molecule has 0 N–H and O–H groups in total. The molecular formula is C10H20O3. The molecule has 0 aliphatic carbocycles. The van der Waals surface area contributed by atoms with Crippen LogP contribution in [0.15, 0.2) is 0 Å². The van der Waals surface area contributed by atoms with Crippen LogP contribution in [0.25, 0.3) is 0 Å². The van der Waals surface area contributed by atoms with Crippen LogP contribution >= 0.6 is 0 Å². The number of carbonyl (C=O) groups excluding carboxylic acids is 1. The molecule has 0 aliphatic heterocycles. The van der Waals surface area contributed by atoms with Gasteiger partial charge in [0.25, 0.3) is 0 Å². The highest BCUT2D eigenvalue weighted by Gasteiger charge is 2.16. The molecule has 0 amide bonds. The molecule has 0 bridgehead atoms. The largest absolute Gasteiger partial charge is 0.371 e. The van der Waals surface area contributed by atoms with Crippen molar-refractivity contribution in [3.8, 4) is 0 Å². The molecule has 1 atom stereocenters. The summed E-state index contributed by atoms with van der Waals surface area (Å²) >= 11 is 0. The van der Waals surface area contributed by atoms with Crippen LogP contribution in [-0.4, -0.2) is 31.2 Å². The topological polar surface area (TPSA) is 35.5 Å². The van der Waals surface area contributed by atoms with Crippen LogP contribution in [-0.2, 0) is 14.3 Å². The summed E-state index contributed by atoms with van der Waals surface area (Å²) in [5, 5.41) is 0. The summed E-state index contributed by atoms with van der Waals surface area (Å²) in [5.41, 5.74) is 0. The molecule has 13 heavy (non-hydrogen) atoms. The third-order valence-corrected chi connectivity index (χ3v) is 1.66. The van der Waals surface area contributed by atoms with Gasteiger partial charge in [0.15, 0.2) is 5.78 Å². The Morgan fingerprint density at radius 3 is 2.23 bits per heavy atom. The van der Waals surface area contributed by atoms with Crippen molar-refractivity contribution in [2.45, 2.75) is 46.3 Å². The highest BCUT2D eigenvalue weighted by Crippen LogP contribution is 2.01. The molecular weight excluding hydrogens is 168 g/mol. The Morgan fingerprint density at radius 2 is 1.85 bits per heavy atom. The Balaban J connectivity index is 3.77. The maximum atomic E-state index is 11.4. The molecule has 0 fully saturated rings. The molecule has 0 heterocycles. The van der Waals surface area contributed by atoms with E-state index < -0.39 is 0 Å². The van der Waals surface area contributed by atoms with Gasteiger partial charge in [0.05, 0.1) is 6.10 Å². The highest BCUT2D eigenvalue weighted by molar-refractivity contribution is 5.84. The number of hydrogen-bond donors (Lipinski definition) is 0. The summed E-state index contributed by atoms with van der Waals surface area (Å²) in [4.78, 5) is 11.4. The molecule has 0 aromatic carbocycles. The molecule has 0 aliphatic rings. The van der Waals surface area contributed by atoms with E-state index in [9.17, 15) is 4.79 Å². The Kier molecular flexibility index (Phi) is 6.82. The van der Waals surface area contributed by atoms with Crippen molar-refractivity contribution in [2.24, 2.45) is 0 Å². The zero-order valence-corrected chi connectivity index (χ0v) is 9.00. The summed E-state index contributed by atoms with van der Waals surface area (Å²) in [6.45, 7) is 8.39. The predicted octanol–water partition coefficient (Wildman–Crippen LogP) is 1.80. The van der Waals surface area contributed by atoms with Gasteiger partial charge in [0.1, 0.15) is 12.7 Å². The molecule has 0 aromatic rings. The fraction of sp³-hybridized carbons (Fsp3) is 0.900. The quantitative estimate of drug-likeness (QED) is 0.611. The number of ether oxygens (including phenoxy) is 2. The molecule has 78 valence electrons. The average Bonchev–Trinajstić information content (AvgIpc) is 2.10. The number of rotatable bonds is 7. The fourth-order valence-corrected chi connectivity index (χ4v) is 0.981.